The Labute approximate surface area is 153 Å². The number of hydrogen-bond donors (Lipinski definition) is 1. The van der Waals surface area contributed by atoms with Crippen LogP contribution in [-0.4, -0.2) is 37.7 Å². The summed E-state index contributed by atoms with van der Waals surface area (Å²) >= 11 is 0. The molecule has 1 N–H and O–H groups in total. The summed E-state index contributed by atoms with van der Waals surface area (Å²) < 4.78 is 15.7. The highest BCUT2D eigenvalue weighted by molar-refractivity contribution is 5.91. The molecule has 1 aliphatic rings. The van der Waals surface area contributed by atoms with Crippen molar-refractivity contribution in [3.8, 4) is 11.8 Å². The second-order valence-electron chi connectivity index (χ2n) is 6.19. The van der Waals surface area contributed by atoms with Crippen molar-refractivity contribution in [1.82, 2.24) is 5.32 Å². The van der Waals surface area contributed by atoms with Gasteiger partial charge in [-0.15, -0.1) is 0 Å². The molecule has 7 nitrogen and oxygen atoms in total. The lowest BCUT2D eigenvalue weighted by Crippen LogP contribution is -2.46. The standard InChI is InChI=1S/C19H24N2O5/c1-3-25-11-15-10-14(6-7-16(15)24-2)18(23)26-12-17(22)21-19(13-20)8-4-5-9-19/h6-7,10H,3-5,8-9,11-12H2,1-2H3,(H,21,22). The molecule has 0 saturated heterocycles. The molecule has 1 aliphatic carbocycles. The Hall–Kier alpha value is -2.59. The third-order valence-electron chi connectivity index (χ3n) is 4.36. The summed E-state index contributed by atoms with van der Waals surface area (Å²) in [7, 11) is 1.54. The average molecular weight is 360 g/mol. The Morgan fingerprint density at radius 2 is 2.04 bits per heavy atom. The topological polar surface area (TPSA) is 97.6 Å². The number of rotatable bonds is 8. The largest absolute Gasteiger partial charge is 0.496 e. The van der Waals surface area contributed by atoms with Gasteiger partial charge >= 0.3 is 5.97 Å². The van der Waals surface area contributed by atoms with Crippen LogP contribution in [0.2, 0.25) is 0 Å². The van der Waals surface area contributed by atoms with E-state index in [2.05, 4.69) is 11.4 Å². The number of benzene rings is 1. The molecule has 140 valence electrons. The molecule has 1 aromatic rings. The zero-order valence-electron chi connectivity index (χ0n) is 15.2. The zero-order valence-corrected chi connectivity index (χ0v) is 15.2. The van der Waals surface area contributed by atoms with E-state index in [0.717, 1.165) is 18.4 Å². The van der Waals surface area contributed by atoms with Crippen LogP contribution in [0.15, 0.2) is 18.2 Å². The number of esters is 1. The highest BCUT2D eigenvalue weighted by Crippen LogP contribution is 2.28. The van der Waals surface area contributed by atoms with Crippen LogP contribution in [0.4, 0.5) is 0 Å². The highest BCUT2D eigenvalue weighted by atomic mass is 16.5. The molecule has 1 fully saturated rings. The van der Waals surface area contributed by atoms with Gasteiger partial charge in [0.25, 0.3) is 5.91 Å². The van der Waals surface area contributed by atoms with E-state index in [1.165, 1.54) is 0 Å². The Morgan fingerprint density at radius 1 is 1.31 bits per heavy atom. The van der Waals surface area contributed by atoms with Crippen LogP contribution in [-0.2, 0) is 20.9 Å². The molecule has 0 aromatic heterocycles. The number of methoxy groups -OCH3 is 1. The molecule has 1 saturated carbocycles. The molecule has 0 heterocycles. The van der Waals surface area contributed by atoms with Crippen LogP contribution >= 0.6 is 0 Å². The Balaban J connectivity index is 1.94. The third kappa shape index (κ3) is 4.96. The first kappa shape index (κ1) is 19.7. The minimum absolute atomic E-state index is 0.309. The van der Waals surface area contributed by atoms with Gasteiger partial charge in [0.2, 0.25) is 0 Å². The first-order valence-electron chi connectivity index (χ1n) is 8.67. The summed E-state index contributed by atoms with van der Waals surface area (Å²) in [6.07, 6.45) is 3.06. The fraction of sp³-hybridized carbons (Fsp3) is 0.526. The van der Waals surface area contributed by atoms with Gasteiger partial charge in [-0.25, -0.2) is 4.79 Å². The van der Waals surface area contributed by atoms with Crippen molar-refractivity contribution < 1.29 is 23.8 Å². The van der Waals surface area contributed by atoms with Crippen LogP contribution in [0.1, 0.15) is 48.5 Å². The maximum atomic E-state index is 12.2. The minimum atomic E-state index is -0.825. The normalized spacial score (nSPS) is 15.1. The summed E-state index contributed by atoms with van der Waals surface area (Å²) in [5.74, 6) is -0.465. The molecule has 26 heavy (non-hydrogen) atoms. The zero-order chi connectivity index (χ0) is 19.0. The highest BCUT2D eigenvalue weighted by Gasteiger charge is 2.35. The monoisotopic (exact) mass is 360 g/mol. The van der Waals surface area contributed by atoms with Crippen molar-refractivity contribution >= 4 is 11.9 Å². The quantitative estimate of drug-likeness (QED) is 0.715. The van der Waals surface area contributed by atoms with E-state index in [0.29, 0.717) is 37.4 Å². The lowest BCUT2D eigenvalue weighted by Gasteiger charge is -2.21. The molecule has 0 spiro atoms. The fourth-order valence-electron chi connectivity index (χ4n) is 2.99. The predicted molar refractivity (Wildman–Crippen MR) is 93.6 cm³/mol. The van der Waals surface area contributed by atoms with Crippen LogP contribution < -0.4 is 10.1 Å². The lowest BCUT2D eigenvalue weighted by atomic mass is 10.00. The Morgan fingerprint density at radius 3 is 2.65 bits per heavy atom. The summed E-state index contributed by atoms with van der Waals surface area (Å²) in [6.45, 7) is 2.31. The van der Waals surface area contributed by atoms with Crippen LogP contribution in [0.5, 0.6) is 5.75 Å². The van der Waals surface area contributed by atoms with Crippen LogP contribution in [0, 0.1) is 11.3 Å². The summed E-state index contributed by atoms with van der Waals surface area (Å²) in [4.78, 5) is 24.2. The number of carbonyl (C=O) groups is 2. The summed E-state index contributed by atoms with van der Waals surface area (Å²) in [6, 6.07) is 7.03. The smallest absolute Gasteiger partial charge is 0.338 e. The molecule has 1 amide bonds. The number of hydrogen-bond acceptors (Lipinski definition) is 6. The number of ether oxygens (including phenoxy) is 3. The predicted octanol–water partition coefficient (Wildman–Crippen LogP) is 2.34. The van der Waals surface area contributed by atoms with Gasteiger partial charge in [0.1, 0.15) is 11.3 Å². The van der Waals surface area contributed by atoms with Gasteiger partial charge in [0.05, 0.1) is 25.3 Å². The maximum Gasteiger partial charge on any atom is 0.338 e. The molecular formula is C19H24N2O5. The molecular weight excluding hydrogens is 336 g/mol. The number of nitrogens with one attached hydrogen (secondary N) is 1. The molecule has 7 heteroatoms. The van der Waals surface area contributed by atoms with Gasteiger partial charge in [-0.2, -0.15) is 5.26 Å². The molecule has 0 bridgehead atoms. The Bertz CT molecular complexity index is 690. The van der Waals surface area contributed by atoms with Crippen molar-refractivity contribution in [2.24, 2.45) is 0 Å². The van der Waals surface area contributed by atoms with Gasteiger partial charge in [-0.3, -0.25) is 4.79 Å². The van der Waals surface area contributed by atoms with Gasteiger partial charge in [0.15, 0.2) is 6.61 Å². The second kappa shape index (κ2) is 9.20. The third-order valence-corrected chi connectivity index (χ3v) is 4.36. The summed E-state index contributed by atoms with van der Waals surface area (Å²) in [5.41, 5.74) is 0.209. The van der Waals surface area contributed by atoms with Crippen LogP contribution in [0.25, 0.3) is 0 Å². The number of carbonyl (C=O) groups excluding carboxylic acids is 2. The van der Waals surface area contributed by atoms with E-state index >= 15 is 0 Å². The van der Waals surface area contributed by atoms with Crippen molar-refractivity contribution in [3.63, 3.8) is 0 Å². The fourth-order valence-corrected chi connectivity index (χ4v) is 2.99. The first-order valence-corrected chi connectivity index (χ1v) is 8.67. The number of amides is 1. The van der Waals surface area contributed by atoms with Crippen molar-refractivity contribution in [1.29, 1.82) is 5.26 Å². The maximum absolute atomic E-state index is 12.2. The lowest BCUT2D eigenvalue weighted by molar-refractivity contribution is -0.125. The van der Waals surface area contributed by atoms with Crippen molar-refractivity contribution in [2.75, 3.05) is 20.3 Å². The molecule has 0 unspecified atom stereocenters. The van der Waals surface area contributed by atoms with Crippen LogP contribution in [0.3, 0.4) is 0 Å². The minimum Gasteiger partial charge on any atom is -0.496 e. The number of nitriles is 1. The SMILES string of the molecule is CCOCc1cc(C(=O)OCC(=O)NC2(C#N)CCCC2)ccc1OC. The van der Waals surface area contributed by atoms with Gasteiger partial charge in [-0.1, -0.05) is 0 Å². The molecule has 2 rings (SSSR count). The first-order chi connectivity index (χ1) is 12.5. The van der Waals surface area contributed by atoms with E-state index in [9.17, 15) is 14.9 Å². The summed E-state index contributed by atoms with van der Waals surface area (Å²) in [5, 5.41) is 12.0. The van der Waals surface area contributed by atoms with E-state index < -0.39 is 24.0 Å². The molecule has 1 aromatic carbocycles. The Kier molecular flexibility index (Phi) is 6.98. The van der Waals surface area contributed by atoms with E-state index in [1.807, 2.05) is 6.92 Å². The van der Waals surface area contributed by atoms with Gasteiger partial charge < -0.3 is 19.5 Å². The molecule has 0 atom stereocenters. The van der Waals surface area contributed by atoms with E-state index in [-0.39, 0.29) is 0 Å². The van der Waals surface area contributed by atoms with Crippen molar-refractivity contribution in [3.05, 3.63) is 29.3 Å². The van der Waals surface area contributed by atoms with Gasteiger partial charge in [0, 0.05) is 12.2 Å². The van der Waals surface area contributed by atoms with E-state index in [1.54, 1.807) is 25.3 Å². The van der Waals surface area contributed by atoms with Crippen molar-refractivity contribution in [2.45, 2.75) is 44.8 Å². The van der Waals surface area contributed by atoms with Gasteiger partial charge in [-0.05, 0) is 50.8 Å². The molecule has 0 radical (unpaired) electrons. The van der Waals surface area contributed by atoms with E-state index in [4.69, 9.17) is 14.2 Å². The average Bonchev–Trinajstić information content (AvgIpc) is 3.13. The second-order valence-corrected chi connectivity index (χ2v) is 6.19. The number of nitrogens with zero attached hydrogens (tertiary/aromatic N) is 1. The molecule has 0 aliphatic heterocycles.